The summed E-state index contributed by atoms with van der Waals surface area (Å²) in [6.07, 6.45) is 7.60. The number of aromatic nitrogens is 5. The summed E-state index contributed by atoms with van der Waals surface area (Å²) in [5, 5.41) is 3.61. The van der Waals surface area contributed by atoms with Crippen LogP contribution in [-0.4, -0.2) is 48.9 Å². The smallest absolute Gasteiger partial charge is 0.355 e. The average Bonchev–Trinajstić information content (AvgIpc) is 3.28. The van der Waals surface area contributed by atoms with E-state index in [1.807, 2.05) is 12.1 Å². The highest BCUT2D eigenvalue weighted by Crippen LogP contribution is 2.25. The molecule has 6 rings (SSSR count). The van der Waals surface area contributed by atoms with Gasteiger partial charge in [0.05, 0.1) is 11.4 Å². The minimum Gasteiger partial charge on any atom is -0.367 e. The second kappa shape index (κ2) is 6.33. The van der Waals surface area contributed by atoms with E-state index >= 15 is 0 Å². The van der Waals surface area contributed by atoms with E-state index in [0.29, 0.717) is 29.0 Å². The zero-order valence-corrected chi connectivity index (χ0v) is 16.4. The van der Waals surface area contributed by atoms with Crippen LogP contribution in [0, 0.1) is 12.7 Å². The number of hydrogen-bond acceptors (Lipinski definition) is 6. The van der Waals surface area contributed by atoms with E-state index in [1.165, 1.54) is 23.3 Å². The van der Waals surface area contributed by atoms with Crippen molar-refractivity contribution in [3.8, 4) is 11.4 Å². The van der Waals surface area contributed by atoms with Crippen LogP contribution in [0.15, 0.2) is 41.6 Å². The van der Waals surface area contributed by atoms with Gasteiger partial charge < -0.3 is 14.6 Å². The fraction of sp³-hybridized carbons (Fsp3) is 0.333. The first-order valence-corrected chi connectivity index (χ1v) is 10.1. The van der Waals surface area contributed by atoms with Crippen LogP contribution in [0.1, 0.15) is 18.5 Å². The van der Waals surface area contributed by atoms with Crippen molar-refractivity contribution >= 4 is 17.0 Å². The first kappa shape index (κ1) is 17.5. The molecule has 6 heterocycles. The predicted molar refractivity (Wildman–Crippen MR) is 110 cm³/mol. The van der Waals surface area contributed by atoms with Gasteiger partial charge in [0, 0.05) is 49.3 Å². The molecule has 2 bridgehead atoms. The lowest BCUT2D eigenvalue weighted by Crippen LogP contribution is -2.51. The highest BCUT2D eigenvalue weighted by atomic mass is 19.1. The van der Waals surface area contributed by atoms with Crippen LogP contribution in [0.4, 0.5) is 10.1 Å². The van der Waals surface area contributed by atoms with E-state index in [9.17, 15) is 9.18 Å². The van der Waals surface area contributed by atoms with Crippen molar-refractivity contribution in [1.82, 2.24) is 29.1 Å². The van der Waals surface area contributed by atoms with E-state index in [1.54, 1.807) is 29.9 Å². The van der Waals surface area contributed by atoms with Crippen LogP contribution >= 0.6 is 0 Å². The van der Waals surface area contributed by atoms with Crippen molar-refractivity contribution in [2.45, 2.75) is 31.8 Å². The lowest BCUT2D eigenvalue weighted by molar-refractivity contribution is 0.465. The molecule has 4 aromatic heterocycles. The molecule has 1 N–H and O–H groups in total. The summed E-state index contributed by atoms with van der Waals surface area (Å²) < 4.78 is 17.5. The minimum absolute atomic E-state index is 0.195. The Bertz CT molecular complexity index is 1350. The molecule has 2 saturated heterocycles. The maximum atomic E-state index is 14.5. The standard InChI is InChI=1S/C21H20FN7O/c1-12-7-28-8-13(6-17(22)20(28)23-12)19-25-18-5-4-16(11-29(18)21(30)26-19)27-9-14-2-3-15(10-27)24-14/h4-8,11,14-15,24H,2-3,9-10H2,1H3. The number of fused-ring (bicyclic) bond motifs is 4. The van der Waals surface area contributed by atoms with Crippen LogP contribution in [0.3, 0.4) is 0 Å². The Kier molecular flexibility index (Phi) is 3.70. The minimum atomic E-state index is -0.479. The molecule has 0 radical (unpaired) electrons. The topological polar surface area (TPSA) is 79.8 Å². The lowest BCUT2D eigenvalue weighted by Gasteiger charge is -2.34. The number of aryl methyl sites for hydroxylation is 1. The van der Waals surface area contributed by atoms with Crippen molar-refractivity contribution < 1.29 is 4.39 Å². The van der Waals surface area contributed by atoms with E-state index in [4.69, 9.17) is 0 Å². The van der Waals surface area contributed by atoms with Crippen molar-refractivity contribution in [2.24, 2.45) is 0 Å². The quantitative estimate of drug-likeness (QED) is 0.548. The van der Waals surface area contributed by atoms with Gasteiger partial charge >= 0.3 is 5.69 Å². The van der Waals surface area contributed by atoms with Gasteiger partial charge in [-0.25, -0.2) is 23.6 Å². The highest BCUT2D eigenvalue weighted by Gasteiger charge is 2.32. The molecular weight excluding hydrogens is 385 g/mol. The first-order valence-electron chi connectivity index (χ1n) is 10.1. The van der Waals surface area contributed by atoms with Gasteiger partial charge in [-0.3, -0.25) is 0 Å². The number of imidazole rings is 1. The molecule has 4 aromatic rings. The largest absolute Gasteiger partial charge is 0.367 e. The molecule has 0 spiro atoms. The fourth-order valence-electron chi connectivity index (χ4n) is 4.63. The third-order valence-corrected chi connectivity index (χ3v) is 6.01. The lowest BCUT2D eigenvalue weighted by atomic mass is 10.2. The van der Waals surface area contributed by atoms with Crippen LogP contribution in [0.25, 0.3) is 22.7 Å². The molecule has 0 saturated carbocycles. The summed E-state index contributed by atoms with van der Waals surface area (Å²) in [5.41, 5.74) is 2.41. The molecule has 0 amide bonds. The maximum absolute atomic E-state index is 14.5. The van der Waals surface area contributed by atoms with E-state index < -0.39 is 11.5 Å². The number of nitrogens with zero attached hydrogens (tertiary/aromatic N) is 6. The number of nitrogens with one attached hydrogen (secondary N) is 1. The van der Waals surface area contributed by atoms with Crippen molar-refractivity contribution in [3.05, 3.63) is 58.8 Å². The molecule has 2 aliphatic rings. The maximum Gasteiger partial charge on any atom is 0.355 e. The molecule has 2 unspecified atom stereocenters. The molecule has 30 heavy (non-hydrogen) atoms. The fourth-order valence-corrected chi connectivity index (χ4v) is 4.63. The summed E-state index contributed by atoms with van der Waals surface area (Å²) in [6, 6.07) is 6.14. The number of piperazine rings is 1. The Hall–Kier alpha value is -3.33. The third-order valence-electron chi connectivity index (χ3n) is 6.01. The summed E-state index contributed by atoms with van der Waals surface area (Å²) in [5.74, 6) is -0.284. The van der Waals surface area contributed by atoms with Crippen LogP contribution in [-0.2, 0) is 0 Å². The van der Waals surface area contributed by atoms with Crippen LogP contribution in [0.5, 0.6) is 0 Å². The number of halogens is 1. The molecule has 0 aromatic carbocycles. The Morgan fingerprint density at radius 2 is 1.87 bits per heavy atom. The number of anilines is 1. The predicted octanol–water partition coefficient (Wildman–Crippen LogP) is 1.79. The van der Waals surface area contributed by atoms with Crippen molar-refractivity contribution in [1.29, 1.82) is 0 Å². The third kappa shape index (κ3) is 2.77. The molecular formula is C21H20FN7O. The van der Waals surface area contributed by atoms with E-state index in [-0.39, 0.29) is 11.5 Å². The van der Waals surface area contributed by atoms with Gasteiger partial charge in [-0.15, -0.1) is 0 Å². The first-order chi connectivity index (χ1) is 14.5. The highest BCUT2D eigenvalue weighted by molar-refractivity contribution is 5.61. The van der Waals surface area contributed by atoms with Gasteiger partial charge in [-0.2, -0.15) is 4.98 Å². The zero-order chi connectivity index (χ0) is 20.4. The van der Waals surface area contributed by atoms with Crippen LogP contribution in [0.2, 0.25) is 0 Å². The van der Waals surface area contributed by atoms with Crippen molar-refractivity contribution in [3.63, 3.8) is 0 Å². The van der Waals surface area contributed by atoms with Gasteiger partial charge in [0.1, 0.15) is 5.65 Å². The number of pyridine rings is 2. The average molecular weight is 405 g/mol. The van der Waals surface area contributed by atoms with Gasteiger partial charge in [0.25, 0.3) is 0 Å². The molecule has 2 fully saturated rings. The summed E-state index contributed by atoms with van der Waals surface area (Å²) in [7, 11) is 0. The zero-order valence-electron chi connectivity index (χ0n) is 16.4. The van der Waals surface area contributed by atoms with Gasteiger partial charge in [0.15, 0.2) is 17.3 Å². The molecule has 9 heteroatoms. The Morgan fingerprint density at radius 1 is 1.07 bits per heavy atom. The Morgan fingerprint density at radius 3 is 2.67 bits per heavy atom. The molecule has 0 aliphatic carbocycles. The second-order valence-corrected chi connectivity index (χ2v) is 8.18. The van der Waals surface area contributed by atoms with E-state index in [2.05, 4.69) is 25.2 Å². The van der Waals surface area contributed by atoms with Gasteiger partial charge in [-0.1, -0.05) is 0 Å². The Balaban J connectivity index is 1.41. The summed E-state index contributed by atoms with van der Waals surface area (Å²) in [4.78, 5) is 27.9. The monoisotopic (exact) mass is 405 g/mol. The summed E-state index contributed by atoms with van der Waals surface area (Å²) in [6.45, 7) is 3.66. The second-order valence-electron chi connectivity index (χ2n) is 8.18. The number of hydrogen-bond donors (Lipinski definition) is 1. The molecule has 2 aliphatic heterocycles. The SMILES string of the molecule is Cc1cn2cc(-c3nc(=O)n4cc(N5CC6CCC(C5)N6)ccc4n3)cc(F)c2n1. The van der Waals surface area contributed by atoms with Gasteiger partial charge in [-0.05, 0) is 38.0 Å². The van der Waals surface area contributed by atoms with Crippen LogP contribution < -0.4 is 15.9 Å². The molecule has 152 valence electrons. The van der Waals surface area contributed by atoms with E-state index in [0.717, 1.165) is 18.8 Å². The Labute approximate surface area is 171 Å². The molecule has 8 nitrogen and oxygen atoms in total. The molecule has 2 atom stereocenters. The van der Waals surface area contributed by atoms with Crippen molar-refractivity contribution in [2.75, 3.05) is 18.0 Å². The number of rotatable bonds is 2. The summed E-state index contributed by atoms with van der Waals surface area (Å²) >= 11 is 0. The van der Waals surface area contributed by atoms with Gasteiger partial charge in [0.2, 0.25) is 0 Å². The normalized spacial score (nSPS) is 21.1.